The van der Waals surface area contributed by atoms with E-state index in [1.54, 1.807) is 12.3 Å². The smallest absolute Gasteiger partial charge is 0.223 e. The molecule has 0 saturated carbocycles. The normalized spacial score (nSPS) is 10.1. The van der Waals surface area contributed by atoms with E-state index in [9.17, 15) is 0 Å². The van der Waals surface area contributed by atoms with E-state index in [2.05, 4.69) is 34.3 Å². The lowest BCUT2D eigenvalue weighted by Crippen LogP contribution is -2.14. The fourth-order valence-electron chi connectivity index (χ4n) is 1.26. The fourth-order valence-corrected chi connectivity index (χ4v) is 1.26. The van der Waals surface area contributed by atoms with Crippen molar-refractivity contribution in [2.24, 2.45) is 0 Å². The second-order valence-electron chi connectivity index (χ2n) is 3.81. The molecule has 0 fully saturated rings. The average Bonchev–Trinajstić information content (AvgIpc) is 2.28. The summed E-state index contributed by atoms with van der Waals surface area (Å²) in [4.78, 5) is 10.2. The van der Waals surface area contributed by atoms with Crippen LogP contribution in [0.4, 0.5) is 5.95 Å². The summed E-state index contributed by atoms with van der Waals surface area (Å²) >= 11 is 0. The van der Waals surface area contributed by atoms with Gasteiger partial charge in [0.2, 0.25) is 5.95 Å². The Morgan fingerprint density at radius 3 is 2.94 bits per heavy atom. The van der Waals surface area contributed by atoms with Crippen LogP contribution >= 0.6 is 0 Å². The van der Waals surface area contributed by atoms with E-state index in [-0.39, 0.29) is 0 Å². The minimum absolute atomic E-state index is 0.394. The van der Waals surface area contributed by atoms with Crippen molar-refractivity contribution in [1.29, 1.82) is 5.26 Å². The zero-order valence-electron chi connectivity index (χ0n) is 9.77. The Kier molecular flexibility index (Phi) is 5.23. The molecule has 1 rings (SSSR count). The molecular weight excluding hydrogens is 202 g/mol. The van der Waals surface area contributed by atoms with Crippen molar-refractivity contribution in [3.8, 4) is 6.07 Å². The van der Waals surface area contributed by atoms with Gasteiger partial charge in [-0.3, -0.25) is 0 Å². The Hall–Kier alpha value is -1.67. The van der Waals surface area contributed by atoms with Gasteiger partial charge in [-0.05, 0) is 39.5 Å². The maximum Gasteiger partial charge on any atom is 0.223 e. The molecule has 0 radical (unpaired) electrons. The molecule has 0 amide bonds. The lowest BCUT2D eigenvalue weighted by Gasteiger charge is -2.09. The van der Waals surface area contributed by atoms with E-state index in [0.29, 0.717) is 11.6 Å². The van der Waals surface area contributed by atoms with Crippen LogP contribution in [0.3, 0.4) is 0 Å². The van der Waals surface area contributed by atoms with Crippen LogP contribution in [0.25, 0.3) is 0 Å². The van der Waals surface area contributed by atoms with Crippen LogP contribution in [0.1, 0.15) is 18.5 Å². The summed E-state index contributed by atoms with van der Waals surface area (Å²) in [5, 5.41) is 11.8. The third-order valence-electron chi connectivity index (χ3n) is 2.09. The number of aromatic nitrogens is 2. The molecular formula is C11H17N5. The van der Waals surface area contributed by atoms with Crippen molar-refractivity contribution in [3.05, 3.63) is 18.0 Å². The molecule has 0 saturated heterocycles. The number of nitrogens with zero attached hydrogens (tertiary/aromatic N) is 4. The molecule has 1 N–H and O–H groups in total. The van der Waals surface area contributed by atoms with Crippen molar-refractivity contribution in [3.63, 3.8) is 0 Å². The largest absolute Gasteiger partial charge is 0.354 e. The van der Waals surface area contributed by atoms with Crippen LogP contribution in [0.2, 0.25) is 0 Å². The fraction of sp³-hybridized carbons (Fsp3) is 0.545. The molecule has 0 spiro atoms. The molecule has 16 heavy (non-hydrogen) atoms. The molecule has 5 nitrogen and oxygen atoms in total. The first kappa shape index (κ1) is 12.4. The Labute approximate surface area is 96.1 Å². The SMILES string of the molecule is CN(C)CCCCNc1nccc(C#N)n1. The second-order valence-corrected chi connectivity index (χ2v) is 3.81. The van der Waals surface area contributed by atoms with Gasteiger partial charge in [-0.2, -0.15) is 5.26 Å². The zero-order chi connectivity index (χ0) is 11.8. The predicted molar refractivity (Wildman–Crippen MR) is 63.0 cm³/mol. The third-order valence-corrected chi connectivity index (χ3v) is 2.09. The summed E-state index contributed by atoms with van der Waals surface area (Å²) < 4.78 is 0. The van der Waals surface area contributed by atoms with E-state index < -0.39 is 0 Å². The molecule has 0 bridgehead atoms. The molecule has 0 atom stereocenters. The number of hydrogen-bond donors (Lipinski definition) is 1. The van der Waals surface area contributed by atoms with Gasteiger partial charge < -0.3 is 10.2 Å². The van der Waals surface area contributed by atoms with Crippen molar-refractivity contribution in [1.82, 2.24) is 14.9 Å². The number of hydrogen-bond acceptors (Lipinski definition) is 5. The van der Waals surface area contributed by atoms with E-state index in [1.165, 1.54) is 0 Å². The van der Waals surface area contributed by atoms with Crippen LogP contribution in [0.5, 0.6) is 0 Å². The summed E-state index contributed by atoms with van der Waals surface area (Å²) in [5.41, 5.74) is 0.394. The number of nitrogens with one attached hydrogen (secondary N) is 1. The highest BCUT2D eigenvalue weighted by Gasteiger charge is 1.97. The molecule has 0 unspecified atom stereocenters. The summed E-state index contributed by atoms with van der Waals surface area (Å²) in [7, 11) is 4.12. The van der Waals surface area contributed by atoms with Crippen molar-refractivity contribution in [2.75, 3.05) is 32.5 Å². The Balaban J connectivity index is 2.24. The number of unbranched alkanes of at least 4 members (excludes halogenated alkanes) is 1. The Morgan fingerprint density at radius 1 is 1.44 bits per heavy atom. The van der Waals surface area contributed by atoms with Gasteiger partial charge in [0.25, 0.3) is 0 Å². The van der Waals surface area contributed by atoms with Crippen LogP contribution in [-0.2, 0) is 0 Å². The van der Waals surface area contributed by atoms with Gasteiger partial charge in [0.15, 0.2) is 0 Å². The number of anilines is 1. The molecule has 0 aromatic carbocycles. The van der Waals surface area contributed by atoms with E-state index in [1.807, 2.05) is 6.07 Å². The number of rotatable bonds is 6. The first-order valence-corrected chi connectivity index (χ1v) is 5.34. The maximum atomic E-state index is 8.66. The lowest BCUT2D eigenvalue weighted by molar-refractivity contribution is 0.396. The summed E-state index contributed by atoms with van der Waals surface area (Å²) in [6, 6.07) is 3.58. The van der Waals surface area contributed by atoms with Gasteiger partial charge in [-0.1, -0.05) is 0 Å². The number of nitriles is 1. The van der Waals surface area contributed by atoms with Gasteiger partial charge >= 0.3 is 0 Å². The van der Waals surface area contributed by atoms with Crippen molar-refractivity contribution < 1.29 is 0 Å². The molecule has 1 aromatic heterocycles. The van der Waals surface area contributed by atoms with Crippen LogP contribution in [-0.4, -0.2) is 42.1 Å². The molecule has 0 aliphatic heterocycles. The first-order valence-electron chi connectivity index (χ1n) is 5.34. The predicted octanol–water partition coefficient (Wildman–Crippen LogP) is 1.10. The van der Waals surface area contributed by atoms with E-state index >= 15 is 0 Å². The second kappa shape index (κ2) is 6.75. The lowest BCUT2D eigenvalue weighted by atomic mass is 10.3. The van der Waals surface area contributed by atoms with Crippen molar-refractivity contribution >= 4 is 5.95 Å². The minimum Gasteiger partial charge on any atom is -0.354 e. The summed E-state index contributed by atoms with van der Waals surface area (Å²) in [6.07, 6.45) is 3.80. The maximum absolute atomic E-state index is 8.66. The monoisotopic (exact) mass is 219 g/mol. The van der Waals surface area contributed by atoms with Gasteiger partial charge in [-0.15, -0.1) is 0 Å². The van der Waals surface area contributed by atoms with E-state index in [4.69, 9.17) is 5.26 Å². The zero-order valence-corrected chi connectivity index (χ0v) is 9.77. The van der Waals surface area contributed by atoms with Crippen LogP contribution in [0.15, 0.2) is 12.3 Å². The molecule has 0 aliphatic carbocycles. The summed E-state index contributed by atoms with van der Waals surface area (Å²) in [5.74, 6) is 0.531. The third kappa shape index (κ3) is 4.71. The molecule has 86 valence electrons. The Morgan fingerprint density at radius 2 is 2.25 bits per heavy atom. The van der Waals surface area contributed by atoms with Crippen LogP contribution < -0.4 is 5.32 Å². The standard InChI is InChI=1S/C11H17N5/c1-16(2)8-4-3-6-13-11-14-7-5-10(9-12)15-11/h5,7H,3-4,6,8H2,1-2H3,(H,13,14,15). The van der Waals surface area contributed by atoms with Crippen LogP contribution in [0, 0.1) is 11.3 Å². The van der Waals surface area contributed by atoms with Gasteiger partial charge in [0.05, 0.1) is 0 Å². The molecule has 0 aliphatic rings. The topological polar surface area (TPSA) is 64.8 Å². The van der Waals surface area contributed by atoms with E-state index in [0.717, 1.165) is 25.9 Å². The average molecular weight is 219 g/mol. The van der Waals surface area contributed by atoms with Gasteiger partial charge in [-0.25, -0.2) is 9.97 Å². The molecule has 1 heterocycles. The highest BCUT2D eigenvalue weighted by molar-refractivity contribution is 5.29. The first-order chi connectivity index (χ1) is 7.72. The molecule has 5 heteroatoms. The quantitative estimate of drug-likeness (QED) is 0.726. The Bertz CT molecular complexity index is 356. The van der Waals surface area contributed by atoms with Gasteiger partial charge in [0.1, 0.15) is 11.8 Å². The summed E-state index contributed by atoms with van der Waals surface area (Å²) in [6.45, 7) is 1.92. The minimum atomic E-state index is 0.394. The highest BCUT2D eigenvalue weighted by Crippen LogP contribution is 2.00. The highest BCUT2D eigenvalue weighted by atomic mass is 15.1. The van der Waals surface area contributed by atoms with Gasteiger partial charge in [0, 0.05) is 12.7 Å². The molecule has 1 aromatic rings. The van der Waals surface area contributed by atoms with Crippen molar-refractivity contribution in [2.45, 2.75) is 12.8 Å².